The van der Waals surface area contributed by atoms with Crippen LogP contribution in [0.25, 0.3) is 11.4 Å². The van der Waals surface area contributed by atoms with Crippen molar-refractivity contribution in [2.45, 2.75) is 13.0 Å². The summed E-state index contributed by atoms with van der Waals surface area (Å²) >= 11 is 3.47. The van der Waals surface area contributed by atoms with Gasteiger partial charge in [-0.2, -0.15) is 4.80 Å². The molecular formula is C17H14BrN5O. The maximum absolute atomic E-state index is 12.6. The van der Waals surface area contributed by atoms with Gasteiger partial charge in [0.2, 0.25) is 5.82 Å². The predicted octanol–water partition coefficient (Wildman–Crippen LogP) is 2.69. The van der Waals surface area contributed by atoms with Gasteiger partial charge in [-0.15, -0.1) is 10.2 Å². The molecule has 1 amide bonds. The fourth-order valence-electron chi connectivity index (χ4n) is 2.86. The van der Waals surface area contributed by atoms with Crippen molar-refractivity contribution >= 4 is 27.5 Å². The summed E-state index contributed by atoms with van der Waals surface area (Å²) in [5, 5.41) is 12.4. The molecule has 24 heavy (non-hydrogen) atoms. The van der Waals surface area contributed by atoms with Gasteiger partial charge in [0.1, 0.15) is 6.54 Å². The highest BCUT2D eigenvalue weighted by molar-refractivity contribution is 9.10. The van der Waals surface area contributed by atoms with Crippen molar-refractivity contribution in [3.05, 3.63) is 58.6 Å². The summed E-state index contributed by atoms with van der Waals surface area (Å²) in [5.74, 6) is 0.466. The lowest BCUT2D eigenvalue weighted by atomic mass is 10.2. The van der Waals surface area contributed by atoms with Gasteiger partial charge in [0.05, 0.1) is 0 Å². The summed E-state index contributed by atoms with van der Waals surface area (Å²) in [7, 11) is 0. The molecule has 0 aliphatic carbocycles. The number of tetrazole rings is 1. The fraction of sp³-hybridized carbons (Fsp3) is 0.176. The van der Waals surface area contributed by atoms with Gasteiger partial charge < -0.3 is 4.90 Å². The first-order valence-corrected chi connectivity index (χ1v) is 8.42. The second-order valence-corrected chi connectivity index (χ2v) is 6.40. The Morgan fingerprint density at radius 1 is 1.12 bits per heavy atom. The molecule has 4 rings (SSSR count). The SMILES string of the molecule is O=C(Cn1nnc(-c2ccccc2Br)n1)N1CCc2ccccc21. The molecule has 0 unspecified atom stereocenters. The molecule has 0 radical (unpaired) electrons. The Morgan fingerprint density at radius 3 is 2.79 bits per heavy atom. The summed E-state index contributed by atoms with van der Waals surface area (Å²) in [6.45, 7) is 0.774. The summed E-state index contributed by atoms with van der Waals surface area (Å²) in [5.41, 5.74) is 3.03. The van der Waals surface area contributed by atoms with Crippen molar-refractivity contribution in [1.82, 2.24) is 20.2 Å². The normalized spacial score (nSPS) is 13.1. The number of rotatable bonds is 3. The van der Waals surface area contributed by atoms with Gasteiger partial charge in [-0.1, -0.05) is 46.3 Å². The molecule has 1 aliphatic rings. The first-order valence-electron chi connectivity index (χ1n) is 7.63. The lowest BCUT2D eigenvalue weighted by molar-refractivity contribution is -0.119. The third kappa shape index (κ3) is 2.71. The summed E-state index contributed by atoms with van der Waals surface area (Å²) in [6, 6.07) is 15.6. The van der Waals surface area contributed by atoms with Crippen LogP contribution in [0.1, 0.15) is 5.56 Å². The van der Waals surface area contributed by atoms with Crippen LogP contribution in [0.4, 0.5) is 5.69 Å². The highest BCUT2D eigenvalue weighted by Gasteiger charge is 2.24. The Balaban J connectivity index is 1.53. The lowest BCUT2D eigenvalue weighted by Gasteiger charge is -2.16. The number of hydrogen-bond acceptors (Lipinski definition) is 4. The molecule has 120 valence electrons. The number of aromatic nitrogens is 4. The molecule has 6 nitrogen and oxygen atoms in total. The van der Waals surface area contributed by atoms with Crippen molar-refractivity contribution in [3.63, 3.8) is 0 Å². The number of benzene rings is 2. The third-order valence-electron chi connectivity index (χ3n) is 4.03. The van der Waals surface area contributed by atoms with E-state index in [0.29, 0.717) is 12.4 Å². The van der Waals surface area contributed by atoms with E-state index in [9.17, 15) is 4.79 Å². The summed E-state index contributed by atoms with van der Waals surface area (Å²) in [4.78, 5) is 15.7. The second kappa shape index (κ2) is 6.16. The van der Waals surface area contributed by atoms with E-state index in [0.717, 1.165) is 22.1 Å². The van der Waals surface area contributed by atoms with Gasteiger partial charge in [-0.05, 0) is 35.4 Å². The lowest BCUT2D eigenvalue weighted by Crippen LogP contribution is -2.32. The largest absolute Gasteiger partial charge is 0.310 e. The third-order valence-corrected chi connectivity index (χ3v) is 4.72. The van der Waals surface area contributed by atoms with E-state index in [2.05, 4.69) is 37.4 Å². The minimum absolute atomic E-state index is 0.0315. The van der Waals surface area contributed by atoms with Crippen LogP contribution < -0.4 is 4.90 Å². The maximum Gasteiger partial charge on any atom is 0.250 e. The van der Waals surface area contributed by atoms with Gasteiger partial charge in [-0.25, -0.2) is 0 Å². The average molecular weight is 384 g/mol. The zero-order valence-electron chi connectivity index (χ0n) is 12.8. The van der Waals surface area contributed by atoms with Crippen molar-refractivity contribution in [2.24, 2.45) is 0 Å². The number of carbonyl (C=O) groups is 1. The van der Waals surface area contributed by atoms with Crippen molar-refractivity contribution in [3.8, 4) is 11.4 Å². The minimum atomic E-state index is -0.0315. The van der Waals surface area contributed by atoms with Crippen molar-refractivity contribution < 1.29 is 4.79 Å². The highest BCUT2D eigenvalue weighted by atomic mass is 79.9. The zero-order valence-corrected chi connectivity index (χ0v) is 14.3. The minimum Gasteiger partial charge on any atom is -0.310 e. The van der Waals surface area contributed by atoms with E-state index < -0.39 is 0 Å². The molecule has 0 spiro atoms. The molecule has 2 aromatic carbocycles. The Labute approximate surface area is 147 Å². The van der Waals surface area contributed by atoms with Crippen LogP contribution in [0, 0.1) is 0 Å². The van der Waals surface area contributed by atoms with Crippen LogP contribution in [0.5, 0.6) is 0 Å². The van der Waals surface area contributed by atoms with Crippen LogP contribution >= 0.6 is 15.9 Å². The van der Waals surface area contributed by atoms with E-state index >= 15 is 0 Å². The number of anilines is 1. The molecule has 0 bridgehead atoms. The zero-order chi connectivity index (χ0) is 16.5. The van der Waals surface area contributed by atoms with Gasteiger partial charge in [0, 0.05) is 22.3 Å². The Hall–Kier alpha value is -2.54. The van der Waals surface area contributed by atoms with Crippen LogP contribution in [-0.4, -0.2) is 32.7 Å². The quantitative estimate of drug-likeness (QED) is 0.697. The Kier molecular flexibility index (Phi) is 3.86. The Bertz CT molecular complexity index is 907. The smallest absolute Gasteiger partial charge is 0.250 e. The monoisotopic (exact) mass is 383 g/mol. The topological polar surface area (TPSA) is 63.9 Å². The second-order valence-electron chi connectivity index (χ2n) is 5.55. The summed E-state index contributed by atoms with van der Waals surface area (Å²) < 4.78 is 0.893. The molecule has 0 atom stereocenters. The summed E-state index contributed by atoms with van der Waals surface area (Å²) in [6.07, 6.45) is 0.884. The van der Waals surface area contributed by atoms with Gasteiger partial charge in [0.25, 0.3) is 5.91 Å². The van der Waals surface area contributed by atoms with E-state index in [-0.39, 0.29) is 12.5 Å². The van der Waals surface area contributed by atoms with E-state index in [1.165, 1.54) is 10.4 Å². The molecule has 1 aliphatic heterocycles. The van der Waals surface area contributed by atoms with Crippen molar-refractivity contribution in [2.75, 3.05) is 11.4 Å². The standard InChI is InChI=1S/C17H14BrN5O/c18-14-7-3-2-6-13(14)17-19-21-23(20-17)11-16(24)22-10-9-12-5-1-4-8-15(12)22/h1-8H,9-11H2. The molecule has 0 saturated carbocycles. The molecule has 3 aromatic rings. The molecular weight excluding hydrogens is 370 g/mol. The number of nitrogens with zero attached hydrogens (tertiary/aromatic N) is 5. The first kappa shape index (κ1) is 15.0. The van der Waals surface area contributed by atoms with Crippen LogP contribution in [0.3, 0.4) is 0 Å². The van der Waals surface area contributed by atoms with E-state index in [1.54, 1.807) is 4.90 Å². The van der Waals surface area contributed by atoms with E-state index in [1.807, 2.05) is 42.5 Å². The molecule has 2 heterocycles. The van der Waals surface area contributed by atoms with Crippen LogP contribution in [-0.2, 0) is 17.8 Å². The number of amides is 1. The Morgan fingerprint density at radius 2 is 1.92 bits per heavy atom. The van der Waals surface area contributed by atoms with Gasteiger partial charge >= 0.3 is 0 Å². The molecule has 0 fully saturated rings. The number of para-hydroxylation sites is 1. The van der Waals surface area contributed by atoms with Crippen molar-refractivity contribution in [1.29, 1.82) is 0 Å². The number of fused-ring (bicyclic) bond motifs is 1. The molecule has 7 heteroatoms. The average Bonchev–Trinajstić information content (AvgIpc) is 3.22. The fourth-order valence-corrected chi connectivity index (χ4v) is 3.33. The highest BCUT2D eigenvalue weighted by Crippen LogP contribution is 2.28. The maximum atomic E-state index is 12.6. The van der Waals surface area contributed by atoms with E-state index in [4.69, 9.17) is 0 Å². The van der Waals surface area contributed by atoms with Gasteiger partial charge in [-0.3, -0.25) is 4.79 Å². The van der Waals surface area contributed by atoms with Crippen LogP contribution in [0.2, 0.25) is 0 Å². The number of hydrogen-bond donors (Lipinski definition) is 0. The number of carbonyl (C=O) groups excluding carboxylic acids is 1. The molecule has 0 saturated heterocycles. The predicted molar refractivity (Wildman–Crippen MR) is 93.5 cm³/mol. The van der Waals surface area contributed by atoms with Gasteiger partial charge in [0.15, 0.2) is 0 Å². The first-order chi connectivity index (χ1) is 11.7. The number of halogens is 1. The van der Waals surface area contributed by atoms with Crippen LogP contribution in [0.15, 0.2) is 53.0 Å². The molecule has 0 N–H and O–H groups in total. The molecule has 1 aromatic heterocycles.